The molecule has 0 N–H and O–H groups in total. The molecule has 2 aliphatic heterocycles. The summed E-state index contributed by atoms with van der Waals surface area (Å²) in [5.74, 6) is -0.456. The molecule has 2 unspecified atom stereocenters. The first-order chi connectivity index (χ1) is 12.4. The number of carbonyl (C=O) groups is 3. The lowest BCUT2D eigenvalue weighted by atomic mass is 9.83. The van der Waals surface area contributed by atoms with E-state index in [9.17, 15) is 14.4 Å². The maximum Gasteiger partial charge on any atom is 0.411 e. The van der Waals surface area contributed by atoms with E-state index in [2.05, 4.69) is 0 Å². The molecule has 140 valence electrons. The van der Waals surface area contributed by atoms with Crippen LogP contribution in [0.4, 0.5) is 4.79 Å². The van der Waals surface area contributed by atoms with Crippen LogP contribution in [0.1, 0.15) is 39.2 Å². The van der Waals surface area contributed by atoms with Crippen LogP contribution in [0.15, 0.2) is 30.3 Å². The van der Waals surface area contributed by atoms with E-state index in [0.29, 0.717) is 13.0 Å². The van der Waals surface area contributed by atoms with Crippen LogP contribution >= 0.6 is 0 Å². The number of imide groups is 1. The van der Waals surface area contributed by atoms with Crippen molar-refractivity contribution in [3.05, 3.63) is 35.9 Å². The van der Waals surface area contributed by atoms with E-state index < -0.39 is 11.6 Å². The lowest BCUT2D eigenvalue weighted by molar-refractivity contribution is -0.170. The Kier molecular flexibility index (Phi) is 5.03. The fourth-order valence-electron chi connectivity index (χ4n) is 3.60. The summed E-state index contributed by atoms with van der Waals surface area (Å²) >= 11 is 0. The van der Waals surface area contributed by atoms with Crippen LogP contribution < -0.4 is 0 Å². The fraction of sp³-hybridized carbons (Fsp3) is 0.550. The number of ether oxygens (including phenoxy) is 1. The maximum atomic E-state index is 12.8. The van der Waals surface area contributed by atoms with Crippen LogP contribution in [0.25, 0.3) is 0 Å². The van der Waals surface area contributed by atoms with Crippen LogP contribution in [0.2, 0.25) is 0 Å². The standard InChI is InChI=1S/C20H26N2O4/c1-14(2)15(3)17(23)21-13-20(18(21)24)10-7-11-22(20)19(25)26-12-16-8-5-4-6-9-16/h4-6,8-9,14-15H,7,10-13H2,1-3H3. The molecule has 1 aromatic rings. The van der Waals surface area contributed by atoms with Gasteiger partial charge in [0.1, 0.15) is 12.1 Å². The van der Waals surface area contributed by atoms with Gasteiger partial charge in [-0.25, -0.2) is 4.79 Å². The highest BCUT2D eigenvalue weighted by Crippen LogP contribution is 2.40. The Morgan fingerprint density at radius 1 is 1.19 bits per heavy atom. The number of nitrogens with zero attached hydrogens (tertiary/aromatic N) is 2. The van der Waals surface area contributed by atoms with Crippen LogP contribution in [0.5, 0.6) is 0 Å². The van der Waals surface area contributed by atoms with Gasteiger partial charge in [0.15, 0.2) is 0 Å². The van der Waals surface area contributed by atoms with Gasteiger partial charge in [-0.3, -0.25) is 19.4 Å². The lowest BCUT2D eigenvalue weighted by Gasteiger charge is -2.50. The Balaban J connectivity index is 1.64. The summed E-state index contributed by atoms with van der Waals surface area (Å²) in [7, 11) is 0. The number of rotatable bonds is 4. The van der Waals surface area contributed by atoms with E-state index in [4.69, 9.17) is 4.74 Å². The minimum absolute atomic E-state index is 0.153. The number of hydrogen-bond donors (Lipinski definition) is 0. The van der Waals surface area contributed by atoms with Gasteiger partial charge in [0.05, 0.1) is 6.54 Å². The minimum atomic E-state index is -0.889. The molecule has 3 amide bonds. The van der Waals surface area contributed by atoms with E-state index in [-0.39, 0.29) is 36.8 Å². The zero-order valence-electron chi connectivity index (χ0n) is 15.6. The monoisotopic (exact) mass is 358 g/mol. The average Bonchev–Trinajstić information content (AvgIpc) is 3.10. The van der Waals surface area contributed by atoms with Gasteiger partial charge in [0.2, 0.25) is 5.91 Å². The van der Waals surface area contributed by atoms with Crippen molar-refractivity contribution >= 4 is 17.9 Å². The molecular formula is C20H26N2O4. The van der Waals surface area contributed by atoms with Crippen molar-refractivity contribution in [1.82, 2.24) is 9.80 Å². The summed E-state index contributed by atoms with van der Waals surface area (Å²) in [5, 5.41) is 0. The van der Waals surface area contributed by atoms with Crippen LogP contribution in [0.3, 0.4) is 0 Å². The SMILES string of the molecule is CC(C)C(C)C(=O)N1CC2(CCCN2C(=O)OCc2ccccc2)C1=O. The van der Waals surface area contributed by atoms with Gasteiger partial charge in [-0.2, -0.15) is 0 Å². The Morgan fingerprint density at radius 2 is 1.88 bits per heavy atom. The third kappa shape index (κ3) is 3.08. The summed E-state index contributed by atoms with van der Waals surface area (Å²) in [5.41, 5.74) is 0.0109. The third-order valence-corrected chi connectivity index (χ3v) is 5.63. The van der Waals surface area contributed by atoms with Crippen molar-refractivity contribution in [2.75, 3.05) is 13.1 Å². The Bertz CT molecular complexity index is 703. The van der Waals surface area contributed by atoms with Crippen LogP contribution in [-0.4, -0.2) is 46.3 Å². The first-order valence-corrected chi connectivity index (χ1v) is 9.21. The Labute approximate surface area is 154 Å². The quantitative estimate of drug-likeness (QED) is 0.776. The molecule has 6 heteroatoms. The number of amides is 3. The molecule has 3 rings (SSSR count). The topological polar surface area (TPSA) is 66.9 Å². The van der Waals surface area contributed by atoms with Crippen molar-refractivity contribution < 1.29 is 19.1 Å². The second-order valence-corrected chi connectivity index (χ2v) is 7.59. The highest BCUT2D eigenvalue weighted by atomic mass is 16.6. The van der Waals surface area contributed by atoms with E-state index in [1.54, 1.807) is 0 Å². The number of benzene rings is 1. The van der Waals surface area contributed by atoms with E-state index >= 15 is 0 Å². The molecule has 0 radical (unpaired) electrons. The van der Waals surface area contributed by atoms with Gasteiger partial charge < -0.3 is 4.74 Å². The number of β-lactam (4-membered cyclic amide) rings is 1. The van der Waals surface area contributed by atoms with Crippen molar-refractivity contribution in [1.29, 1.82) is 0 Å². The fourth-order valence-corrected chi connectivity index (χ4v) is 3.60. The van der Waals surface area contributed by atoms with Gasteiger partial charge in [-0.15, -0.1) is 0 Å². The summed E-state index contributed by atoms with van der Waals surface area (Å²) in [6, 6.07) is 9.44. The first-order valence-electron chi connectivity index (χ1n) is 9.21. The summed E-state index contributed by atoms with van der Waals surface area (Å²) in [6.45, 7) is 6.71. The van der Waals surface area contributed by atoms with Gasteiger partial charge in [-0.05, 0) is 24.3 Å². The van der Waals surface area contributed by atoms with Crippen molar-refractivity contribution in [2.24, 2.45) is 11.8 Å². The van der Waals surface area contributed by atoms with E-state index in [1.807, 2.05) is 51.1 Å². The second kappa shape index (κ2) is 7.09. The molecule has 2 saturated heterocycles. The largest absolute Gasteiger partial charge is 0.445 e. The second-order valence-electron chi connectivity index (χ2n) is 7.59. The van der Waals surface area contributed by atoms with Gasteiger partial charge in [-0.1, -0.05) is 51.1 Å². The van der Waals surface area contributed by atoms with Crippen LogP contribution in [-0.2, 0) is 20.9 Å². The van der Waals surface area contributed by atoms with E-state index in [1.165, 1.54) is 9.80 Å². The summed E-state index contributed by atoms with van der Waals surface area (Å²) in [6.07, 6.45) is 0.851. The minimum Gasteiger partial charge on any atom is -0.445 e. The smallest absolute Gasteiger partial charge is 0.411 e. The van der Waals surface area contributed by atoms with Crippen molar-refractivity contribution in [2.45, 2.75) is 45.8 Å². The summed E-state index contributed by atoms with van der Waals surface area (Å²) in [4.78, 5) is 40.6. The highest BCUT2D eigenvalue weighted by molar-refractivity contribution is 6.07. The first kappa shape index (κ1) is 18.4. The molecule has 0 bridgehead atoms. The number of carbonyl (C=O) groups excluding carboxylic acids is 3. The zero-order chi connectivity index (χ0) is 18.9. The lowest BCUT2D eigenvalue weighted by Crippen LogP contribution is -2.74. The van der Waals surface area contributed by atoms with Crippen molar-refractivity contribution in [3.8, 4) is 0 Å². The summed E-state index contributed by atoms with van der Waals surface area (Å²) < 4.78 is 5.40. The predicted octanol–water partition coefficient (Wildman–Crippen LogP) is 2.82. The molecule has 1 spiro atoms. The Morgan fingerprint density at radius 3 is 2.50 bits per heavy atom. The zero-order valence-corrected chi connectivity index (χ0v) is 15.6. The molecule has 2 aliphatic rings. The number of likely N-dealkylation sites (tertiary alicyclic amines) is 2. The van der Waals surface area contributed by atoms with Gasteiger partial charge in [0, 0.05) is 12.5 Å². The maximum absolute atomic E-state index is 12.8. The molecule has 0 saturated carbocycles. The molecule has 2 atom stereocenters. The van der Waals surface area contributed by atoms with Gasteiger partial charge >= 0.3 is 6.09 Å². The molecule has 2 fully saturated rings. The Hall–Kier alpha value is -2.37. The molecule has 0 aliphatic carbocycles. The highest BCUT2D eigenvalue weighted by Gasteiger charge is 2.62. The third-order valence-electron chi connectivity index (χ3n) is 5.63. The van der Waals surface area contributed by atoms with E-state index in [0.717, 1.165) is 12.0 Å². The molecule has 2 heterocycles. The number of hydrogen-bond acceptors (Lipinski definition) is 4. The predicted molar refractivity (Wildman–Crippen MR) is 96.0 cm³/mol. The molecule has 1 aromatic carbocycles. The molecule has 6 nitrogen and oxygen atoms in total. The van der Waals surface area contributed by atoms with Crippen LogP contribution in [0, 0.1) is 11.8 Å². The normalized spacial score (nSPS) is 23.3. The molecule has 26 heavy (non-hydrogen) atoms. The molecular weight excluding hydrogens is 332 g/mol. The van der Waals surface area contributed by atoms with Gasteiger partial charge in [0.25, 0.3) is 5.91 Å². The average molecular weight is 358 g/mol. The van der Waals surface area contributed by atoms with Crippen molar-refractivity contribution in [3.63, 3.8) is 0 Å². The molecule has 0 aromatic heterocycles.